The Labute approximate surface area is 130 Å². The van der Waals surface area contributed by atoms with Gasteiger partial charge in [-0.3, -0.25) is 4.40 Å². The van der Waals surface area contributed by atoms with Crippen molar-refractivity contribution in [2.45, 2.75) is 11.4 Å². The Morgan fingerprint density at radius 1 is 1.18 bits per heavy atom. The molecule has 3 rings (SSSR count). The maximum atomic E-state index is 13.8. The van der Waals surface area contributed by atoms with Crippen LogP contribution in [0.3, 0.4) is 0 Å². The van der Waals surface area contributed by atoms with E-state index in [1.54, 1.807) is 28.8 Å². The van der Waals surface area contributed by atoms with Gasteiger partial charge in [-0.2, -0.15) is 0 Å². The number of benzene rings is 1. The summed E-state index contributed by atoms with van der Waals surface area (Å²) in [6.45, 7) is -0.126. The second-order valence-corrected chi connectivity index (χ2v) is 6.56. The number of nitrogens with one attached hydrogen (secondary N) is 1. The van der Waals surface area contributed by atoms with Crippen LogP contribution >= 0.6 is 11.6 Å². The summed E-state index contributed by atoms with van der Waals surface area (Å²) in [6, 6.07) is 9.09. The van der Waals surface area contributed by atoms with Gasteiger partial charge in [-0.1, -0.05) is 23.7 Å². The maximum Gasteiger partial charge on any atom is 0.243 e. The first-order valence-electron chi connectivity index (χ1n) is 6.21. The number of aromatic nitrogens is 3. The normalized spacial score (nSPS) is 11.9. The maximum absolute atomic E-state index is 13.8. The van der Waals surface area contributed by atoms with Gasteiger partial charge in [-0.15, -0.1) is 10.2 Å². The standard InChI is InChI=1S/C13H10ClFN4O2S/c14-9-4-3-5-10(13(9)15)22(20,21)16-8-12-18-17-11-6-1-2-7-19(11)12/h1-7,16H,8H2. The van der Waals surface area contributed by atoms with E-state index in [0.717, 1.165) is 6.07 Å². The topological polar surface area (TPSA) is 76.4 Å². The van der Waals surface area contributed by atoms with Crippen molar-refractivity contribution in [3.05, 3.63) is 59.3 Å². The zero-order valence-electron chi connectivity index (χ0n) is 11.1. The van der Waals surface area contributed by atoms with E-state index in [9.17, 15) is 12.8 Å². The average molecular weight is 341 g/mol. The van der Waals surface area contributed by atoms with Crippen molar-refractivity contribution < 1.29 is 12.8 Å². The van der Waals surface area contributed by atoms with Crippen molar-refractivity contribution in [3.63, 3.8) is 0 Å². The Morgan fingerprint density at radius 2 is 2.00 bits per heavy atom. The van der Waals surface area contributed by atoms with Crippen LogP contribution in [0.2, 0.25) is 5.02 Å². The predicted molar refractivity (Wildman–Crippen MR) is 78.4 cm³/mol. The molecule has 2 heterocycles. The Hall–Kier alpha value is -2.03. The van der Waals surface area contributed by atoms with Gasteiger partial charge in [-0.25, -0.2) is 17.5 Å². The fraction of sp³-hybridized carbons (Fsp3) is 0.0769. The van der Waals surface area contributed by atoms with E-state index in [-0.39, 0.29) is 11.6 Å². The van der Waals surface area contributed by atoms with Gasteiger partial charge in [0.25, 0.3) is 0 Å². The fourth-order valence-corrected chi connectivity index (χ4v) is 3.25. The number of nitrogens with zero attached hydrogens (tertiary/aromatic N) is 3. The van der Waals surface area contributed by atoms with E-state index in [1.807, 2.05) is 0 Å². The highest BCUT2D eigenvalue weighted by atomic mass is 35.5. The molecule has 0 aliphatic carbocycles. The summed E-state index contributed by atoms with van der Waals surface area (Å²) >= 11 is 5.60. The van der Waals surface area contributed by atoms with E-state index in [0.29, 0.717) is 11.5 Å². The Bertz CT molecular complexity index is 942. The molecule has 0 atom stereocenters. The molecule has 114 valence electrons. The largest absolute Gasteiger partial charge is 0.285 e. The van der Waals surface area contributed by atoms with Crippen LogP contribution in [0.15, 0.2) is 47.5 Å². The highest BCUT2D eigenvalue weighted by Crippen LogP contribution is 2.21. The second kappa shape index (κ2) is 5.64. The molecular formula is C13H10ClFN4O2S. The molecule has 0 bridgehead atoms. The van der Waals surface area contributed by atoms with E-state index >= 15 is 0 Å². The first kappa shape index (κ1) is 14.9. The van der Waals surface area contributed by atoms with Crippen LogP contribution in [0, 0.1) is 5.82 Å². The number of fused-ring (bicyclic) bond motifs is 1. The number of pyridine rings is 1. The molecule has 0 unspecified atom stereocenters. The summed E-state index contributed by atoms with van der Waals surface area (Å²) < 4.78 is 42.1. The van der Waals surface area contributed by atoms with Crippen LogP contribution in [0.25, 0.3) is 5.65 Å². The first-order valence-corrected chi connectivity index (χ1v) is 8.07. The molecule has 0 aliphatic heterocycles. The number of hydrogen-bond acceptors (Lipinski definition) is 4. The summed E-state index contributed by atoms with van der Waals surface area (Å²) in [5, 5.41) is 7.55. The molecule has 0 amide bonds. The zero-order chi connectivity index (χ0) is 15.7. The Balaban J connectivity index is 1.88. The van der Waals surface area contributed by atoms with Gasteiger partial charge >= 0.3 is 0 Å². The molecule has 22 heavy (non-hydrogen) atoms. The van der Waals surface area contributed by atoms with Gasteiger partial charge in [0.15, 0.2) is 17.3 Å². The third-order valence-electron chi connectivity index (χ3n) is 3.01. The first-order chi connectivity index (χ1) is 10.5. The lowest BCUT2D eigenvalue weighted by Crippen LogP contribution is -2.25. The van der Waals surface area contributed by atoms with Gasteiger partial charge in [0.05, 0.1) is 11.6 Å². The van der Waals surface area contributed by atoms with E-state index in [1.165, 1.54) is 12.1 Å². The quantitative estimate of drug-likeness (QED) is 0.788. The minimum atomic E-state index is -4.05. The van der Waals surface area contributed by atoms with Crippen LogP contribution in [0.4, 0.5) is 4.39 Å². The lowest BCUT2D eigenvalue weighted by molar-refractivity contribution is 0.555. The molecule has 0 saturated heterocycles. The molecule has 1 aromatic carbocycles. The van der Waals surface area contributed by atoms with Crippen molar-refractivity contribution in [1.29, 1.82) is 0 Å². The lowest BCUT2D eigenvalue weighted by atomic mass is 10.3. The van der Waals surface area contributed by atoms with Gasteiger partial charge in [0.2, 0.25) is 10.0 Å². The van der Waals surface area contributed by atoms with Gasteiger partial charge in [0, 0.05) is 6.20 Å². The number of rotatable bonds is 4. The van der Waals surface area contributed by atoms with Gasteiger partial charge in [0.1, 0.15) is 4.90 Å². The fourth-order valence-electron chi connectivity index (χ4n) is 1.94. The smallest absolute Gasteiger partial charge is 0.243 e. The predicted octanol–water partition coefficient (Wildman–Crippen LogP) is 2.00. The third-order valence-corrected chi connectivity index (χ3v) is 4.72. The van der Waals surface area contributed by atoms with Crippen LogP contribution in [-0.2, 0) is 16.6 Å². The van der Waals surface area contributed by atoms with E-state index in [2.05, 4.69) is 14.9 Å². The number of hydrogen-bond donors (Lipinski definition) is 1. The summed E-state index contributed by atoms with van der Waals surface area (Å²) in [4.78, 5) is -0.506. The summed E-state index contributed by atoms with van der Waals surface area (Å²) in [6.07, 6.45) is 1.71. The van der Waals surface area contributed by atoms with Gasteiger partial charge < -0.3 is 0 Å². The molecule has 0 saturated carbocycles. The molecule has 9 heteroatoms. The third kappa shape index (κ3) is 2.68. The molecule has 0 aliphatic rings. The minimum absolute atomic E-state index is 0.126. The highest BCUT2D eigenvalue weighted by molar-refractivity contribution is 7.89. The molecule has 0 radical (unpaired) electrons. The van der Waals surface area contributed by atoms with Crippen LogP contribution < -0.4 is 4.72 Å². The van der Waals surface area contributed by atoms with Crippen LogP contribution in [0.1, 0.15) is 5.82 Å². The van der Waals surface area contributed by atoms with Crippen molar-refractivity contribution in [1.82, 2.24) is 19.3 Å². The number of halogens is 2. The zero-order valence-corrected chi connectivity index (χ0v) is 12.6. The van der Waals surface area contributed by atoms with Crippen LogP contribution in [0.5, 0.6) is 0 Å². The van der Waals surface area contributed by atoms with E-state index in [4.69, 9.17) is 11.6 Å². The van der Waals surface area contributed by atoms with Crippen molar-refractivity contribution in [2.24, 2.45) is 0 Å². The molecule has 2 aromatic heterocycles. The number of sulfonamides is 1. The summed E-state index contributed by atoms with van der Waals surface area (Å²) in [5.74, 6) is -0.593. The van der Waals surface area contributed by atoms with Crippen molar-refractivity contribution in [3.8, 4) is 0 Å². The van der Waals surface area contributed by atoms with Crippen molar-refractivity contribution in [2.75, 3.05) is 0 Å². The Kier molecular flexibility index (Phi) is 3.81. The van der Waals surface area contributed by atoms with E-state index < -0.39 is 20.7 Å². The Morgan fingerprint density at radius 3 is 2.82 bits per heavy atom. The average Bonchev–Trinajstić information content (AvgIpc) is 2.91. The molecule has 1 N–H and O–H groups in total. The molecule has 3 aromatic rings. The highest BCUT2D eigenvalue weighted by Gasteiger charge is 2.21. The molecule has 0 spiro atoms. The summed E-state index contributed by atoms with van der Waals surface area (Å²) in [5.41, 5.74) is 0.589. The van der Waals surface area contributed by atoms with Crippen LogP contribution in [-0.4, -0.2) is 23.0 Å². The summed E-state index contributed by atoms with van der Waals surface area (Å²) in [7, 11) is -4.05. The second-order valence-electron chi connectivity index (χ2n) is 4.42. The van der Waals surface area contributed by atoms with Crippen molar-refractivity contribution >= 4 is 27.3 Å². The molecule has 6 nitrogen and oxygen atoms in total. The SMILES string of the molecule is O=S(=O)(NCc1nnc2ccccn12)c1cccc(Cl)c1F. The lowest BCUT2D eigenvalue weighted by Gasteiger charge is -2.07. The molecular weight excluding hydrogens is 331 g/mol. The molecule has 0 fully saturated rings. The van der Waals surface area contributed by atoms with Gasteiger partial charge in [-0.05, 0) is 24.3 Å². The monoisotopic (exact) mass is 340 g/mol. The minimum Gasteiger partial charge on any atom is -0.285 e.